The molecule has 3 saturated heterocycles. The fourth-order valence-electron chi connectivity index (χ4n) is 5.99. The van der Waals surface area contributed by atoms with Gasteiger partial charge in [0.25, 0.3) is 0 Å². The Balaban J connectivity index is 1.46. The van der Waals surface area contributed by atoms with E-state index in [9.17, 15) is 19.5 Å². The number of nitrogens with one attached hydrogen (secondary N) is 1. The molecule has 4 heterocycles. The van der Waals surface area contributed by atoms with Gasteiger partial charge < -0.3 is 24.8 Å². The van der Waals surface area contributed by atoms with Crippen LogP contribution in [-0.2, 0) is 30.5 Å². The van der Waals surface area contributed by atoms with E-state index in [1.165, 1.54) is 4.90 Å². The van der Waals surface area contributed by atoms with Crippen LogP contribution >= 0.6 is 0 Å². The number of para-hydroxylation sites is 1. The first kappa shape index (κ1) is 22.7. The summed E-state index contributed by atoms with van der Waals surface area (Å²) < 4.78 is 13.1. The maximum absolute atomic E-state index is 13.7. The number of esters is 1. The molecular weight excluding hydrogens is 442 g/mol. The Bertz CT molecular complexity index is 1120. The lowest BCUT2D eigenvalue weighted by molar-refractivity contribution is -0.155. The minimum absolute atomic E-state index is 0.0548. The number of carbonyl (C=O) groups is 3. The number of aliphatic hydroxyl groups is 1. The largest absolute Gasteiger partial charge is 0.466 e. The van der Waals surface area contributed by atoms with Gasteiger partial charge in [-0.25, -0.2) is 4.68 Å². The average Bonchev–Trinajstić information content (AvgIpc) is 3.58. The van der Waals surface area contributed by atoms with E-state index in [1.807, 2.05) is 31.2 Å². The summed E-state index contributed by atoms with van der Waals surface area (Å²) in [4.78, 5) is 41.6. The Morgan fingerprint density at radius 1 is 1.35 bits per heavy atom. The highest BCUT2D eigenvalue weighted by atomic mass is 16.6. The van der Waals surface area contributed by atoms with E-state index in [0.717, 1.165) is 5.52 Å². The Morgan fingerprint density at radius 2 is 2.15 bits per heavy atom. The van der Waals surface area contributed by atoms with Crippen LogP contribution in [0.25, 0.3) is 11.0 Å². The molecule has 5 rings (SSSR count). The minimum atomic E-state index is -1.13. The lowest BCUT2D eigenvalue weighted by Gasteiger charge is -2.36. The maximum Gasteiger partial charge on any atom is 0.312 e. The van der Waals surface area contributed by atoms with E-state index in [-0.39, 0.29) is 25.8 Å². The summed E-state index contributed by atoms with van der Waals surface area (Å²) in [5, 5.41) is 21.1. The molecular formula is C23H29N5O6. The number of carbonyl (C=O) groups excluding carboxylic acids is 3. The molecule has 3 aliphatic rings. The van der Waals surface area contributed by atoms with Gasteiger partial charge in [0, 0.05) is 0 Å². The van der Waals surface area contributed by atoms with Crippen LogP contribution < -0.4 is 5.32 Å². The number of likely N-dealkylation sites (tertiary alicyclic amines) is 1. The Hall–Kier alpha value is -3.05. The number of fused-ring (bicyclic) bond motifs is 2. The normalized spacial score (nSPS) is 30.6. The van der Waals surface area contributed by atoms with E-state index >= 15 is 0 Å². The Kier molecular flexibility index (Phi) is 5.76. The van der Waals surface area contributed by atoms with Crippen molar-refractivity contribution >= 4 is 28.8 Å². The van der Waals surface area contributed by atoms with Crippen molar-refractivity contribution in [2.75, 3.05) is 13.2 Å². The molecule has 1 aromatic carbocycles. The molecule has 3 fully saturated rings. The third-order valence-corrected chi connectivity index (χ3v) is 7.44. The highest BCUT2D eigenvalue weighted by Crippen LogP contribution is 2.59. The number of ether oxygens (including phenoxy) is 2. The van der Waals surface area contributed by atoms with Crippen molar-refractivity contribution in [3.8, 4) is 0 Å². The molecule has 3 aliphatic heterocycles. The first-order chi connectivity index (χ1) is 16.5. The van der Waals surface area contributed by atoms with Crippen LogP contribution in [0.1, 0.15) is 33.1 Å². The van der Waals surface area contributed by atoms with Crippen molar-refractivity contribution in [2.24, 2.45) is 11.8 Å². The van der Waals surface area contributed by atoms with Gasteiger partial charge in [-0.15, -0.1) is 5.10 Å². The predicted molar refractivity (Wildman–Crippen MR) is 118 cm³/mol. The maximum atomic E-state index is 13.7. The molecule has 2 amide bonds. The Labute approximate surface area is 196 Å². The zero-order chi connectivity index (χ0) is 24.0. The number of aliphatic hydroxyl groups excluding tert-OH is 1. The lowest BCUT2D eigenvalue weighted by Crippen LogP contribution is -2.58. The van der Waals surface area contributed by atoms with Gasteiger partial charge in [-0.2, -0.15) is 0 Å². The van der Waals surface area contributed by atoms with E-state index in [4.69, 9.17) is 9.47 Å². The molecule has 0 radical (unpaired) electrons. The second-order valence-corrected chi connectivity index (χ2v) is 9.07. The van der Waals surface area contributed by atoms with Crippen molar-refractivity contribution in [2.45, 2.75) is 63.6 Å². The van der Waals surface area contributed by atoms with Crippen molar-refractivity contribution in [3.05, 3.63) is 24.3 Å². The van der Waals surface area contributed by atoms with Gasteiger partial charge in [0.05, 0.1) is 42.7 Å². The average molecular weight is 472 g/mol. The topological polar surface area (TPSA) is 136 Å². The van der Waals surface area contributed by atoms with Crippen LogP contribution in [0.2, 0.25) is 0 Å². The zero-order valence-corrected chi connectivity index (χ0v) is 19.2. The van der Waals surface area contributed by atoms with Gasteiger partial charge in [0.2, 0.25) is 11.8 Å². The number of benzene rings is 1. The number of aromatic nitrogens is 3. The van der Waals surface area contributed by atoms with Crippen LogP contribution in [-0.4, -0.2) is 79.8 Å². The molecule has 34 heavy (non-hydrogen) atoms. The molecule has 11 nitrogen and oxygen atoms in total. The van der Waals surface area contributed by atoms with Crippen molar-refractivity contribution in [3.63, 3.8) is 0 Å². The highest BCUT2D eigenvalue weighted by molar-refractivity contribution is 5.98. The van der Waals surface area contributed by atoms with Gasteiger partial charge in [0.15, 0.2) is 0 Å². The third kappa shape index (κ3) is 3.21. The number of nitrogens with zero attached hydrogens (tertiary/aromatic N) is 4. The molecule has 0 unspecified atom stereocenters. The number of amides is 2. The van der Waals surface area contributed by atoms with Gasteiger partial charge in [0.1, 0.15) is 23.8 Å². The van der Waals surface area contributed by atoms with Gasteiger partial charge in [-0.3, -0.25) is 14.4 Å². The summed E-state index contributed by atoms with van der Waals surface area (Å²) in [6.07, 6.45) is 1.04. The lowest BCUT2D eigenvalue weighted by atomic mass is 9.71. The molecule has 0 aliphatic carbocycles. The highest BCUT2D eigenvalue weighted by Gasteiger charge is 2.75. The number of hydrogen-bond acceptors (Lipinski definition) is 8. The number of rotatable bonds is 8. The van der Waals surface area contributed by atoms with E-state index in [0.29, 0.717) is 24.8 Å². The molecule has 1 spiro atoms. The summed E-state index contributed by atoms with van der Waals surface area (Å²) >= 11 is 0. The fraction of sp³-hybridized carbons (Fsp3) is 0.609. The molecule has 2 aromatic rings. The zero-order valence-electron chi connectivity index (χ0n) is 19.2. The molecule has 0 saturated carbocycles. The van der Waals surface area contributed by atoms with E-state index in [1.54, 1.807) is 11.6 Å². The van der Waals surface area contributed by atoms with Crippen LogP contribution in [0.15, 0.2) is 24.3 Å². The van der Waals surface area contributed by atoms with Crippen LogP contribution in [0.5, 0.6) is 0 Å². The first-order valence-corrected chi connectivity index (χ1v) is 11.8. The smallest absolute Gasteiger partial charge is 0.312 e. The fourth-order valence-corrected chi connectivity index (χ4v) is 5.99. The van der Waals surface area contributed by atoms with Crippen molar-refractivity contribution < 1.29 is 29.0 Å². The van der Waals surface area contributed by atoms with Crippen LogP contribution in [0.4, 0.5) is 0 Å². The molecule has 2 N–H and O–H groups in total. The summed E-state index contributed by atoms with van der Waals surface area (Å²) in [7, 11) is 0. The monoisotopic (exact) mass is 471 g/mol. The Morgan fingerprint density at radius 3 is 2.88 bits per heavy atom. The predicted octanol–water partition coefficient (Wildman–Crippen LogP) is 0.214. The molecule has 11 heteroatoms. The summed E-state index contributed by atoms with van der Waals surface area (Å²) in [5.74, 6) is -2.79. The minimum Gasteiger partial charge on any atom is -0.466 e. The molecule has 6 atom stereocenters. The second kappa shape index (κ2) is 8.62. The second-order valence-electron chi connectivity index (χ2n) is 9.07. The molecule has 1 aromatic heterocycles. The van der Waals surface area contributed by atoms with Gasteiger partial charge in [-0.1, -0.05) is 24.3 Å². The summed E-state index contributed by atoms with van der Waals surface area (Å²) in [6, 6.07) is 5.86. The molecule has 2 bridgehead atoms. The van der Waals surface area contributed by atoms with E-state index in [2.05, 4.69) is 15.6 Å². The van der Waals surface area contributed by atoms with Crippen LogP contribution in [0.3, 0.4) is 0 Å². The summed E-state index contributed by atoms with van der Waals surface area (Å²) in [6.45, 7) is 3.52. The van der Waals surface area contributed by atoms with Crippen molar-refractivity contribution in [1.82, 2.24) is 25.2 Å². The third-order valence-electron chi connectivity index (χ3n) is 7.44. The van der Waals surface area contributed by atoms with Gasteiger partial charge in [-0.05, 0) is 38.3 Å². The van der Waals surface area contributed by atoms with Crippen molar-refractivity contribution in [1.29, 1.82) is 0 Å². The molecule has 182 valence electrons. The SMILES string of the molecule is CCOC(=O)[C@@H]1[C@H]2C(=O)N([C@@H](CC)CO)[C@H](C(=O)NCn3nnc4ccccc43)[C@]23CC[C@H]1O3. The number of hydrogen-bond donors (Lipinski definition) is 2. The van der Waals surface area contributed by atoms with Crippen LogP contribution in [0, 0.1) is 11.8 Å². The summed E-state index contributed by atoms with van der Waals surface area (Å²) in [5.41, 5.74) is 0.339. The first-order valence-electron chi connectivity index (χ1n) is 11.8. The van der Waals surface area contributed by atoms with E-state index < -0.39 is 47.5 Å². The standard InChI is InChI=1S/C23H29N5O6/c1-3-13(11-29)28-19(20(30)24-12-27-15-8-6-5-7-14(15)25-26-27)23-10-9-16(34-23)17(18(23)21(28)31)22(32)33-4-2/h5-8,13,16-19,29H,3-4,9-12H2,1-2H3,(H,24,30)/t13-,16+,17-,18-,19+,23-/m0/s1. The van der Waals surface area contributed by atoms with Gasteiger partial charge >= 0.3 is 5.97 Å². The quantitative estimate of drug-likeness (QED) is 0.522.